The average Bonchev–Trinajstić information content (AvgIpc) is 2.97. The first kappa shape index (κ1) is 33.2. The number of fused-ring (bicyclic) bond motifs is 1. The van der Waals surface area contributed by atoms with Crippen LogP contribution in [-0.4, -0.2) is 22.9 Å². The van der Waals surface area contributed by atoms with E-state index in [2.05, 4.69) is 76.1 Å². The smallest absolute Gasteiger partial charge is 0.393 e. The molecule has 0 N–H and O–H groups in total. The Bertz CT molecular complexity index is 1650. The molecule has 0 aliphatic rings. The van der Waals surface area contributed by atoms with Crippen LogP contribution in [0.1, 0.15) is 80.8 Å². The van der Waals surface area contributed by atoms with E-state index in [9.17, 15) is 13.2 Å². The molecule has 0 aliphatic heterocycles. The lowest BCUT2D eigenvalue weighted by atomic mass is 9.77. The zero-order valence-electron chi connectivity index (χ0n) is 25.9. The number of alkyl halides is 3. The SMILES string of the molecule is C=Nc1ncnc(C(CC(C)C)C(C)C(=C)C)c1C(C)c1ccc2cc(OCc3ccc(CC(F)(F)F)c(Cl)c3)ccc2c1. The van der Waals surface area contributed by atoms with Crippen LogP contribution in [0, 0.1) is 11.8 Å². The number of halogens is 4. The minimum absolute atomic E-state index is 0.0379. The van der Waals surface area contributed by atoms with Crippen molar-refractivity contribution in [2.45, 2.75) is 72.1 Å². The fourth-order valence-corrected chi connectivity index (χ4v) is 5.88. The maximum Gasteiger partial charge on any atom is 0.393 e. The first-order valence-corrected chi connectivity index (χ1v) is 15.1. The van der Waals surface area contributed by atoms with Crippen molar-refractivity contribution in [1.29, 1.82) is 0 Å². The van der Waals surface area contributed by atoms with Crippen molar-refractivity contribution in [1.82, 2.24) is 9.97 Å². The standard InChI is InChI=1S/C36H39ClF3N3O/c1-21(2)14-31(23(5)22(3)4)34-33(35(41-7)43-20-42-34)24(6)26-10-11-28-17-30(13-12-27(28)16-26)44-19-25-8-9-29(32(37)15-25)18-36(38,39)40/h8-13,15-17,20-21,23-24,31H,3,7,14,18-19H2,1-2,4-6H3. The third-order valence-corrected chi connectivity index (χ3v) is 8.54. The number of nitrogens with zero attached hydrogens (tertiary/aromatic N) is 3. The highest BCUT2D eigenvalue weighted by molar-refractivity contribution is 6.31. The molecule has 3 aromatic carbocycles. The predicted molar refractivity (Wildman–Crippen MR) is 174 cm³/mol. The summed E-state index contributed by atoms with van der Waals surface area (Å²) in [6.45, 7) is 19.1. The second kappa shape index (κ2) is 13.9. The van der Waals surface area contributed by atoms with Gasteiger partial charge in [0.1, 0.15) is 18.7 Å². The summed E-state index contributed by atoms with van der Waals surface area (Å²) in [4.78, 5) is 13.6. The summed E-state index contributed by atoms with van der Waals surface area (Å²) >= 11 is 6.10. The summed E-state index contributed by atoms with van der Waals surface area (Å²) in [5.74, 6) is 2.09. The number of aromatic nitrogens is 2. The molecule has 0 spiro atoms. The van der Waals surface area contributed by atoms with E-state index in [0.29, 0.717) is 23.0 Å². The van der Waals surface area contributed by atoms with Gasteiger partial charge in [0.05, 0.1) is 12.1 Å². The monoisotopic (exact) mass is 621 g/mol. The summed E-state index contributed by atoms with van der Waals surface area (Å²) in [6, 6.07) is 16.7. The number of benzene rings is 3. The molecule has 232 valence electrons. The molecule has 1 heterocycles. The van der Waals surface area contributed by atoms with E-state index in [1.165, 1.54) is 12.1 Å². The first-order valence-electron chi connectivity index (χ1n) is 14.7. The lowest BCUT2D eigenvalue weighted by Gasteiger charge is -2.29. The van der Waals surface area contributed by atoms with E-state index < -0.39 is 12.6 Å². The van der Waals surface area contributed by atoms with E-state index >= 15 is 0 Å². The summed E-state index contributed by atoms with van der Waals surface area (Å²) in [5.41, 5.74) is 4.94. The van der Waals surface area contributed by atoms with Crippen molar-refractivity contribution in [3.63, 3.8) is 0 Å². The topological polar surface area (TPSA) is 47.4 Å². The summed E-state index contributed by atoms with van der Waals surface area (Å²) in [7, 11) is 0. The van der Waals surface area contributed by atoms with Crippen molar-refractivity contribution in [3.05, 3.63) is 106 Å². The molecule has 0 saturated heterocycles. The van der Waals surface area contributed by atoms with Gasteiger partial charge in [-0.1, -0.05) is 87.8 Å². The van der Waals surface area contributed by atoms with Crippen molar-refractivity contribution in [2.75, 3.05) is 0 Å². The summed E-state index contributed by atoms with van der Waals surface area (Å²) in [5, 5.41) is 2.12. The van der Waals surface area contributed by atoms with Crippen LogP contribution < -0.4 is 4.74 Å². The van der Waals surface area contributed by atoms with Gasteiger partial charge in [0.2, 0.25) is 0 Å². The van der Waals surface area contributed by atoms with Crippen LogP contribution in [0.3, 0.4) is 0 Å². The third-order valence-electron chi connectivity index (χ3n) is 8.18. The van der Waals surface area contributed by atoms with Gasteiger partial charge in [-0.2, -0.15) is 13.2 Å². The third kappa shape index (κ3) is 8.06. The van der Waals surface area contributed by atoms with Crippen LogP contribution in [0.15, 0.2) is 78.1 Å². The second-order valence-corrected chi connectivity index (χ2v) is 12.4. The molecule has 4 rings (SSSR count). The Morgan fingerprint density at radius 1 is 0.977 bits per heavy atom. The van der Waals surface area contributed by atoms with Crippen molar-refractivity contribution < 1.29 is 17.9 Å². The molecular formula is C36H39ClF3N3O. The molecular weight excluding hydrogens is 583 g/mol. The molecule has 0 bridgehead atoms. The fraction of sp³-hybridized carbons (Fsp3) is 0.361. The number of ether oxygens (including phenoxy) is 1. The first-order chi connectivity index (χ1) is 20.8. The maximum absolute atomic E-state index is 12.8. The van der Waals surface area contributed by atoms with Gasteiger partial charge in [-0.3, -0.25) is 0 Å². The van der Waals surface area contributed by atoms with E-state index in [-0.39, 0.29) is 34.9 Å². The van der Waals surface area contributed by atoms with Crippen molar-refractivity contribution in [3.8, 4) is 5.75 Å². The second-order valence-electron chi connectivity index (χ2n) is 12.0. The van der Waals surface area contributed by atoms with E-state index in [4.69, 9.17) is 21.3 Å². The molecule has 4 nitrogen and oxygen atoms in total. The zero-order valence-corrected chi connectivity index (χ0v) is 26.6. The molecule has 0 amide bonds. The van der Waals surface area contributed by atoms with Crippen LogP contribution in [0.25, 0.3) is 10.8 Å². The molecule has 0 aliphatic carbocycles. The average molecular weight is 622 g/mol. The Morgan fingerprint density at radius 3 is 2.32 bits per heavy atom. The van der Waals surface area contributed by atoms with E-state index in [0.717, 1.165) is 39.6 Å². The quantitative estimate of drug-likeness (QED) is 0.117. The molecule has 4 aromatic rings. The summed E-state index contributed by atoms with van der Waals surface area (Å²) in [6.07, 6.45) is -2.83. The van der Waals surface area contributed by atoms with Gasteiger partial charge in [0.25, 0.3) is 0 Å². The minimum Gasteiger partial charge on any atom is -0.489 e. The Balaban J connectivity index is 1.59. The molecule has 3 unspecified atom stereocenters. The molecule has 3 atom stereocenters. The minimum atomic E-state index is -4.31. The van der Waals surface area contributed by atoms with Crippen LogP contribution in [0.2, 0.25) is 5.02 Å². The molecule has 1 aromatic heterocycles. The number of hydrogen-bond acceptors (Lipinski definition) is 4. The Hall–Kier alpha value is -3.71. The molecule has 0 fully saturated rings. The highest BCUT2D eigenvalue weighted by Crippen LogP contribution is 2.42. The lowest BCUT2D eigenvalue weighted by Crippen LogP contribution is -2.18. The number of aliphatic imine (C=N–C) groups is 1. The van der Waals surface area contributed by atoms with E-state index in [1.54, 1.807) is 12.4 Å². The number of hydrogen-bond donors (Lipinski definition) is 0. The normalized spacial score (nSPS) is 14.0. The largest absolute Gasteiger partial charge is 0.489 e. The maximum atomic E-state index is 12.8. The van der Waals surface area contributed by atoms with Crippen LogP contribution in [0.5, 0.6) is 5.75 Å². The molecule has 8 heteroatoms. The Kier molecular flexibility index (Phi) is 10.5. The molecule has 0 saturated carbocycles. The van der Waals surface area contributed by atoms with Gasteiger partial charge in [0.15, 0.2) is 5.82 Å². The Labute approximate surface area is 263 Å². The van der Waals surface area contributed by atoms with Gasteiger partial charge in [-0.05, 0) is 77.6 Å². The van der Waals surface area contributed by atoms with Gasteiger partial charge in [-0.15, -0.1) is 0 Å². The van der Waals surface area contributed by atoms with Crippen LogP contribution >= 0.6 is 11.6 Å². The Morgan fingerprint density at radius 2 is 1.68 bits per heavy atom. The van der Waals surface area contributed by atoms with Gasteiger partial charge in [0, 0.05) is 22.4 Å². The predicted octanol–water partition coefficient (Wildman–Crippen LogP) is 10.8. The van der Waals surface area contributed by atoms with Crippen molar-refractivity contribution >= 4 is 34.9 Å². The van der Waals surface area contributed by atoms with Gasteiger partial charge in [-0.25, -0.2) is 15.0 Å². The fourth-order valence-electron chi connectivity index (χ4n) is 5.61. The molecule has 0 radical (unpaired) electrons. The van der Waals surface area contributed by atoms with Gasteiger partial charge < -0.3 is 4.74 Å². The highest BCUT2D eigenvalue weighted by atomic mass is 35.5. The highest BCUT2D eigenvalue weighted by Gasteiger charge is 2.30. The number of allylic oxidation sites excluding steroid dienone is 1. The van der Waals surface area contributed by atoms with Crippen LogP contribution in [-0.2, 0) is 13.0 Å². The van der Waals surface area contributed by atoms with Gasteiger partial charge >= 0.3 is 6.18 Å². The van der Waals surface area contributed by atoms with E-state index in [1.807, 2.05) is 18.2 Å². The summed E-state index contributed by atoms with van der Waals surface area (Å²) < 4.78 is 44.2. The lowest BCUT2D eigenvalue weighted by molar-refractivity contribution is -0.127. The molecule has 44 heavy (non-hydrogen) atoms. The van der Waals surface area contributed by atoms with Crippen LogP contribution in [0.4, 0.5) is 19.0 Å². The zero-order chi connectivity index (χ0) is 32.2. The van der Waals surface area contributed by atoms with Crippen molar-refractivity contribution in [2.24, 2.45) is 16.8 Å². The number of rotatable bonds is 12.